The summed E-state index contributed by atoms with van der Waals surface area (Å²) in [6, 6.07) is 10.3. The summed E-state index contributed by atoms with van der Waals surface area (Å²) in [4.78, 5) is 0. The number of rotatable bonds is 8. The van der Waals surface area contributed by atoms with Crippen LogP contribution in [0.3, 0.4) is 0 Å². The molecule has 0 aliphatic carbocycles. The lowest BCUT2D eigenvalue weighted by molar-refractivity contribution is 0.0819. The molecule has 1 aromatic carbocycles. The van der Waals surface area contributed by atoms with Gasteiger partial charge in [-0.05, 0) is 29.8 Å². The fraction of sp³-hybridized carbons (Fsp3) is 0.333. The fourth-order valence-electron chi connectivity index (χ4n) is 1.80. The van der Waals surface area contributed by atoms with E-state index in [1.807, 2.05) is 0 Å². The van der Waals surface area contributed by atoms with Crippen LogP contribution < -0.4 is 10.1 Å². The second-order valence-electron chi connectivity index (χ2n) is 4.51. The zero-order valence-electron chi connectivity index (χ0n) is 11.3. The van der Waals surface area contributed by atoms with E-state index < -0.39 is 19.1 Å². The summed E-state index contributed by atoms with van der Waals surface area (Å²) in [5, 5.41) is 12.9. The quantitative estimate of drug-likeness (QED) is 0.786. The van der Waals surface area contributed by atoms with E-state index in [0.717, 1.165) is 5.56 Å². The number of aliphatic hydroxyl groups is 1. The van der Waals surface area contributed by atoms with Gasteiger partial charge >= 0.3 is 0 Å². The van der Waals surface area contributed by atoms with Gasteiger partial charge in [0.2, 0.25) is 0 Å². The maximum atomic E-state index is 12.0. The topological polar surface area (TPSA) is 54.6 Å². The summed E-state index contributed by atoms with van der Waals surface area (Å²) in [5.41, 5.74) is 0.964. The van der Waals surface area contributed by atoms with Crippen LogP contribution in [0, 0.1) is 0 Å². The highest BCUT2D eigenvalue weighted by atomic mass is 19.3. The van der Waals surface area contributed by atoms with Gasteiger partial charge < -0.3 is 19.6 Å². The normalized spacial score (nSPS) is 12.6. The molecule has 1 atom stereocenters. The van der Waals surface area contributed by atoms with Crippen LogP contribution in [0.2, 0.25) is 0 Å². The summed E-state index contributed by atoms with van der Waals surface area (Å²) in [6.07, 6.45) is -1.67. The summed E-state index contributed by atoms with van der Waals surface area (Å²) in [6.45, 7) is 0.303. The van der Waals surface area contributed by atoms with Gasteiger partial charge in [0.05, 0.1) is 6.26 Å². The molecule has 0 bridgehead atoms. The van der Waals surface area contributed by atoms with Crippen LogP contribution >= 0.6 is 0 Å². The predicted molar refractivity (Wildman–Crippen MR) is 73.3 cm³/mol. The molecule has 0 aliphatic heterocycles. The fourth-order valence-corrected chi connectivity index (χ4v) is 1.80. The summed E-state index contributed by atoms with van der Waals surface area (Å²) >= 11 is 0. The largest absolute Gasteiger partial charge is 0.488 e. The Morgan fingerprint density at radius 3 is 2.57 bits per heavy atom. The molecule has 2 N–H and O–H groups in total. The molecule has 21 heavy (non-hydrogen) atoms. The minimum Gasteiger partial charge on any atom is -0.488 e. The van der Waals surface area contributed by atoms with Crippen LogP contribution in [0.15, 0.2) is 47.1 Å². The standard InChI is InChI=1S/C15H17F2NO3/c16-15(17)10-21-12-5-3-11(4-6-12)8-18-9-13(19)14-2-1-7-20-14/h1-7,13,15,18-19H,8-10H2. The lowest BCUT2D eigenvalue weighted by Gasteiger charge is -2.10. The van der Waals surface area contributed by atoms with Crippen LogP contribution in [0.25, 0.3) is 0 Å². The maximum absolute atomic E-state index is 12.0. The smallest absolute Gasteiger partial charge is 0.272 e. The van der Waals surface area contributed by atoms with Crippen molar-refractivity contribution in [3.05, 3.63) is 54.0 Å². The number of ether oxygens (including phenoxy) is 1. The third-order valence-electron chi connectivity index (χ3n) is 2.84. The zero-order chi connectivity index (χ0) is 15.1. The van der Waals surface area contributed by atoms with E-state index in [-0.39, 0.29) is 0 Å². The average molecular weight is 297 g/mol. The first kappa shape index (κ1) is 15.5. The average Bonchev–Trinajstić information content (AvgIpc) is 3.00. The Morgan fingerprint density at radius 1 is 1.19 bits per heavy atom. The van der Waals surface area contributed by atoms with E-state index in [2.05, 4.69) is 5.32 Å². The van der Waals surface area contributed by atoms with E-state index in [0.29, 0.717) is 24.6 Å². The van der Waals surface area contributed by atoms with Gasteiger partial charge in [0, 0.05) is 13.1 Å². The minimum absolute atomic E-state index is 0.358. The van der Waals surface area contributed by atoms with E-state index in [9.17, 15) is 13.9 Å². The molecule has 1 aromatic heterocycles. The zero-order valence-corrected chi connectivity index (χ0v) is 11.3. The van der Waals surface area contributed by atoms with Crippen molar-refractivity contribution in [3.8, 4) is 5.75 Å². The van der Waals surface area contributed by atoms with Crippen LogP contribution in [-0.2, 0) is 6.54 Å². The molecular weight excluding hydrogens is 280 g/mol. The van der Waals surface area contributed by atoms with Crippen LogP contribution in [-0.4, -0.2) is 24.7 Å². The molecule has 0 saturated carbocycles. The predicted octanol–water partition coefficient (Wildman–Crippen LogP) is 2.75. The highest BCUT2D eigenvalue weighted by molar-refractivity contribution is 5.27. The van der Waals surface area contributed by atoms with Crippen molar-refractivity contribution in [2.75, 3.05) is 13.2 Å². The molecule has 0 fully saturated rings. The molecule has 0 radical (unpaired) electrons. The lowest BCUT2D eigenvalue weighted by Crippen LogP contribution is -2.20. The van der Waals surface area contributed by atoms with Crippen molar-refractivity contribution >= 4 is 0 Å². The van der Waals surface area contributed by atoms with Gasteiger partial charge in [-0.25, -0.2) is 8.78 Å². The number of hydrogen-bond acceptors (Lipinski definition) is 4. The number of alkyl halides is 2. The second kappa shape index (κ2) is 7.75. The van der Waals surface area contributed by atoms with E-state index in [1.165, 1.54) is 6.26 Å². The lowest BCUT2D eigenvalue weighted by atomic mass is 10.2. The Kier molecular flexibility index (Phi) is 5.71. The van der Waals surface area contributed by atoms with Gasteiger partial charge in [-0.15, -0.1) is 0 Å². The SMILES string of the molecule is OC(CNCc1ccc(OCC(F)F)cc1)c1ccco1. The monoisotopic (exact) mass is 297 g/mol. The second-order valence-corrected chi connectivity index (χ2v) is 4.51. The van der Waals surface area contributed by atoms with Gasteiger partial charge in [-0.2, -0.15) is 0 Å². The number of hydrogen-bond donors (Lipinski definition) is 2. The summed E-state index contributed by atoms with van der Waals surface area (Å²) in [5.74, 6) is 0.924. The summed E-state index contributed by atoms with van der Waals surface area (Å²) < 4.78 is 34.0. The molecule has 0 saturated heterocycles. The molecular formula is C15H17F2NO3. The van der Waals surface area contributed by atoms with Gasteiger partial charge in [-0.3, -0.25) is 0 Å². The molecule has 2 aromatic rings. The Balaban J connectivity index is 1.73. The summed E-state index contributed by atoms with van der Waals surface area (Å²) in [7, 11) is 0. The minimum atomic E-state index is -2.48. The highest BCUT2D eigenvalue weighted by Crippen LogP contribution is 2.14. The van der Waals surface area contributed by atoms with Crippen molar-refractivity contribution in [3.63, 3.8) is 0 Å². The van der Waals surface area contributed by atoms with Gasteiger partial charge in [0.1, 0.15) is 24.2 Å². The molecule has 0 amide bonds. The van der Waals surface area contributed by atoms with Crippen molar-refractivity contribution in [1.29, 1.82) is 0 Å². The van der Waals surface area contributed by atoms with Crippen LogP contribution in [0.1, 0.15) is 17.4 Å². The molecule has 0 spiro atoms. The molecule has 1 heterocycles. The van der Waals surface area contributed by atoms with Gasteiger partial charge in [0.15, 0.2) is 0 Å². The first-order valence-corrected chi connectivity index (χ1v) is 6.57. The van der Waals surface area contributed by atoms with Crippen LogP contribution in [0.4, 0.5) is 8.78 Å². The third kappa shape index (κ3) is 5.17. The number of nitrogens with one attached hydrogen (secondary N) is 1. The molecule has 1 unspecified atom stereocenters. The van der Waals surface area contributed by atoms with E-state index in [1.54, 1.807) is 36.4 Å². The molecule has 114 valence electrons. The number of furan rings is 1. The molecule has 6 heteroatoms. The van der Waals surface area contributed by atoms with Crippen molar-refractivity contribution < 1.29 is 23.0 Å². The maximum Gasteiger partial charge on any atom is 0.272 e. The third-order valence-corrected chi connectivity index (χ3v) is 2.84. The van der Waals surface area contributed by atoms with E-state index in [4.69, 9.17) is 9.15 Å². The Bertz CT molecular complexity index is 514. The number of halogens is 2. The van der Waals surface area contributed by atoms with Crippen LogP contribution in [0.5, 0.6) is 5.75 Å². The first-order chi connectivity index (χ1) is 10.1. The highest BCUT2D eigenvalue weighted by Gasteiger charge is 2.09. The Morgan fingerprint density at radius 2 is 1.95 bits per heavy atom. The Labute approximate surface area is 121 Å². The van der Waals surface area contributed by atoms with E-state index >= 15 is 0 Å². The van der Waals surface area contributed by atoms with Gasteiger partial charge in [0.25, 0.3) is 6.43 Å². The molecule has 0 aliphatic rings. The number of benzene rings is 1. The van der Waals surface area contributed by atoms with Gasteiger partial charge in [-0.1, -0.05) is 12.1 Å². The van der Waals surface area contributed by atoms with Crippen molar-refractivity contribution in [1.82, 2.24) is 5.32 Å². The van der Waals surface area contributed by atoms with Crippen molar-refractivity contribution in [2.45, 2.75) is 19.1 Å². The molecule has 4 nitrogen and oxygen atoms in total. The Hall–Kier alpha value is -1.92. The first-order valence-electron chi connectivity index (χ1n) is 6.57. The van der Waals surface area contributed by atoms with Crippen molar-refractivity contribution in [2.24, 2.45) is 0 Å². The molecule has 2 rings (SSSR count). The number of aliphatic hydroxyl groups excluding tert-OH is 1.